The first kappa shape index (κ1) is 24.3. The highest BCUT2D eigenvalue weighted by Gasteiger charge is 2.10. The summed E-state index contributed by atoms with van der Waals surface area (Å²) in [5.74, 6) is 2.50. The minimum Gasteiger partial charge on any atom is -0.492 e. The summed E-state index contributed by atoms with van der Waals surface area (Å²) < 4.78 is 61.7. The lowest BCUT2D eigenvalue weighted by atomic mass is 10.0. The van der Waals surface area contributed by atoms with Gasteiger partial charge in [0.05, 0.1) is 18.4 Å². The molecular weight excluding hydrogens is 454 g/mol. The molecule has 0 saturated carbocycles. The van der Waals surface area contributed by atoms with Crippen LogP contribution in [0.2, 0.25) is 0 Å². The first-order valence-electron chi connectivity index (χ1n) is 11.4. The zero-order valence-corrected chi connectivity index (χ0v) is 19.2. The summed E-state index contributed by atoms with van der Waals surface area (Å²) in [5.41, 5.74) is 1.38. The molecule has 2 nitrogen and oxygen atoms in total. The predicted molar refractivity (Wildman–Crippen MR) is 128 cm³/mol. The molecule has 35 heavy (non-hydrogen) atoms. The molecule has 0 radical (unpaired) electrons. The van der Waals surface area contributed by atoms with Crippen molar-refractivity contribution in [2.45, 2.75) is 32.6 Å². The van der Waals surface area contributed by atoms with Gasteiger partial charge in [-0.2, -0.15) is 0 Å². The first-order valence-corrected chi connectivity index (χ1v) is 11.4. The number of nitrogens with zero attached hydrogens (tertiary/aromatic N) is 1. The van der Waals surface area contributed by atoms with E-state index in [4.69, 9.17) is 4.74 Å². The topological polar surface area (TPSA) is 22.1 Å². The SMILES string of the molecule is CCCCOc1ccc(CCc2cc(F)c(C#Cc3ccc4cc(F)c(F)cc4c3)c(F)c2)nc1. The highest BCUT2D eigenvalue weighted by molar-refractivity contribution is 5.84. The molecule has 0 N–H and O–H groups in total. The van der Waals surface area contributed by atoms with Gasteiger partial charge in [-0.1, -0.05) is 31.3 Å². The third-order valence-electron chi connectivity index (χ3n) is 5.55. The summed E-state index contributed by atoms with van der Waals surface area (Å²) in [6, 6.07) is 13.1. The zero-order valence-electron chi connectivity index (χ0n) is 19.2. The molecule has 0 atom stereocenters. The summed E-state index contributed by atoms with van der Waals surface area (Å²) in [7, 11) is 0. The van der Waals surface area contributed by atoms with E-state index in [-0.39, 0.29) is 5.56 Å². The summed E-state index contributed by atoms with van der Waals surface area (Å²) in [5, 5.41) is 0.950. The fraction of sp³-hybridized carbons (Fsp3) is 0.207. The van der Waals surface area contributed by atoms with Crippen LogP contribution in [0.1, 0.15) is 42.1 Å². The molecule has 1 heterocycles. The van der Waals surface area contributed by atoms with Crippen LogP contribution in [0.15, 0.2) is 60.8 Å². The number of unbranched alkanes of at least 4 members (excludes halogenated alkanes) is 1. The van der Waals surface area contributed by atoms with Gasteiger partial charge < -0.3 is 4.74 Å². The van der Waals surface area contributed by atoms with Crippen LogP contribution in [0.25, 0.3) is 10.8 Å². The lowest BCUT2D eigenvalue weighted by Gasteiger charge is -2.07. The Morgan fingerprint density at radius 3 is 2.20 bits per heavy atom. The third kappa shape index (κ3) is 6.19. The number of rotatable bonds is 7. The zero-order chi connectivity index (χ0) is 24.8. The molecule has 4 rings (SSSR count). The standard InChI is InChI=1S/C29H23F4NO/c1-2-3-12-35-24-10-9-23(34-18-24)8-5-20-14-26(30)25(27(31)15-20)11-6-19-4-7-21-16-28(32)29(33)17-22(21)13-19/h4,7,9-10,13-18H,2-3,5,8,12H2,1H3. The van der Waals surface area contributed by atoms with Gasteiger partial charge in [0.1, 0.15) is 17.4 Å². The van der Waals surface area contributed by atoms with E-state index in [1.54, 1.807) is 24.4 Å². The molecule has 178 valence electrons. The first-order chi connectivity index (χ1) is 16.9. The van der Waals surface area contributed by atoms with Crippen molar-refractivity contribution in [1.29, 1.82) is 0 Å². The average molecular weight is 478 g/mol. The average Bonchev–Trinajstić information content (AvgIpc) is 2.84. The van der Waals surface area contributed by atoms with Gasteiger partial charge in [-0.3, -0.25) is 4.98 Å². The van der Waals surface area contributed by atoms with Gasteiger partial charge in [0.2, 0.25) is 0 Å². The number of ether oxygens (including phenoxy) is 1. The van der Waals surface area contributed by atoms with E-state index >= 15 is 0 Å². The molecule has 0 aliphatic heterocycles. The number of benzene rings is 3. The quantitative estimate of drug-likeness (QED) is 0.160. The molecule has 6 heteroatoms. The van der Waals surface area contributed by atoms with Crippen molar-refractivity contribution in [2.24, 2.45) is 0 Å². The van der Waals surface area contributed by atoms with Gasteiger partial charge in [0, 0.05) is 11.3 Å². The van der Waals surface area contributed by atoms with E-state index in [1.807, 2.05) is 12.1 Å². The molecule has 4 aromatic rings. The van der Waals surface area contributed by atoms with Crippen LogP contribution in [0, 0.1) is 35.1 Å². The maximum Gasteiger partial charge on any atom is 0.159 e. The van der Waals surface area contributed by atoms with Crippen LogP contribution in [-0.4, -0.2) is 11.6 Å². The molecule has 0 fully saturated rings. The normalized spacial score (nSPS) is 10.8. The lowest BCUT2D eigenvalue weighted by Crippen LogP contribution is -2.00. The monoisotopic (exact) mass is 477 g/mol. The summed E-state index contributed by atoms with van der Waals surface area (Å²) in [6.07, 6.45) is 4.62. The predicted octanol–water partition coefficient (Wildman–Crippen LogP) is 7.16. The van der Waals surface area contributed by atoms with Gasteiger partial charge >= 0.3 is 0 Å². The van der Waals surface area contributed by atoms with Crippen molar-refractivity contribution >= 4 is 10.8 Å². The molecule has 0 amide bonds. The Balaban J connectivity index is 1.44. The Kier molecular flexibility index (Phi) is 7.67. The van der Waals surface area contributed by atoms with Crippen molar-refractivity contribution in [3.05, 3.63) is 106 Å². The van der Waals surface area contributed by atoms with Crippen molar-refractivity contribution in [1.82, 2.24) is 4.98 Å². The van der Waals surface area contributed by atoms with E-state index in [2.05, 4.69) is 23.7 Å². The van der Waals surface area contributed by atoms with E-state index < -0.39 is 23.3 Å². The van der Waals surface area contributed by atoms with Crippen LogP contribution in [0.4, 0.5) is 17.6 Å². The van der Waals surface area contributed by atoms with Crippen LogP contribution in [-0.2, 0) is 12.8 Å². The molecule has 0 aliphatic carbocycles. The largest absolute Gasteiger partial charge is 0.492 e. The number of aromatic nitrogens is 1. The molecule has 0 saturated heterocycles. The van der Waals surface area contributed by atoms with Crippen molar-refractivity contribution < 1.29 is 22.3 Å². The molecule has 1 aromatic heterocycles. The fourth-order valence-electron chi connectivity index (χ4n) is 3.59. The summed E-state index contributed by atoms with van der Waals surface area (Å²) in [4.78, 5) is 4.35. The Hall–Kier alpha value is -3.85. The van der Waals surface area contributed by atoms with Gasteiger partial charge in [-0.25, -0.2) is 17.6 Å². The Labute approximate surface area is 201 Å². The molecule has 0 aliphatic rings. The number of hydrogen-bond acceptors (Lipinski definition) is 2. The minimum absolute atomic E-state index is 0.342. The van der Waals surface area contributed by atoms with Gasteiger partial charge in [0.25, 0.3) is 0 Å². The van der Waals surface area contributed by atoms with Crippen LogP contribution in [0.3, 0.4) is 0 Å². The van der Waals surface area contributed by atoms with Crippen molar-refractivity contribution in [2.75, 3.05) is 6.61 Å². The highest BCUT2D eigenvalue weighted by Crippen LogP contribution is 2.21. The fourth-order valence-corrected chi connectivity index (χ4v) is 3.59. The van der Waals surface area contributed by atoms with Crippen LogP contribution in [0.5, 0.6) is 5.75 Å². The molecule has 0 unspecified atom stereocenters. The molecular formula is C29H23F4NO. The molecule has 3 aromatic carbocycles. The number of aryl methyl sites for hydroxylation is 2. The van der Waals surface area contributed by atoms with Gasteiger partial charge in [-0.15, -0.1) is 0 Å². The second-order valence-electron chi connectivity index (χ2n) is 8.20. The second kappa shape index (κ2) is 11.1. The Morgan fingerprint density at radius 2 is 1.51 bits per heavy atom. The van der Waals surface area contributed by atoms with E-state index in [0.29, 0.717) is 47.1 Å². The summed E-state index contributed by atoms with van der Waals surface area (Å²) in [6.45, 7) is 2.73. The van der Waals surface area contributed by atoms with Gasteiger partial charge in [0.15, 0.2) is 11.6 Å². The Bertz CT molecular complexity index is 1380. The van der Waals surface area contributed by atoms with E-state index in [1.165, 1.54) is 12.1 Å². The number of fused-ring (bicyclic) bond motifs is 1. The maximum absolute atomic E-state index is 14.6. The number of hydrogen-bond donors (Lipinski definition) is 0. The van der Waals surface area contributed by atoms with Crippen molar-refractivity contribution in [3.8, 4) is 17.6 Å². The number of halogens is 4. The van der Waals surface area contributed by atoms with Crippen molar-refractivity contribution in [3.63, 3.8) is 0 Å². The highest BCUT2D eigenvalue weighted by atomic mass is 19.2. The summed E-state index contributed by atoms with van der Waals surface area (Å²) >= 11 is 0. The Morgan fingerprint density at radius 1 is 0.771 bits per heavy atom. The second-order valence-corrected chi connectivity index (χ2v) is 8.20. The lowest BCUT2D eigenvalue weighted by molar-refractivity contribution is 0.308. The van der Waals surface area contributed by atoms with Crippen LogP contribution >= 0.6 is 0 Å². The van der Waals surface area contributed by atoms with Gasteiger partial charge in [-0.05, 0) is 84.1 Å². The molecule has 0 bridgehead atoms. The number of pyridine rings is 1. The molecule has 0 spiro atoms. The van der Waals surface area contributed by atoms with Crippen LogP contribution < -0.4 is 4.74 Å². The minimum atomic E-state index is -0.971. The van der Waals surface area contributed by atoms with E-state index in [0.717, 1.165) is 30.7 Å². The smallest absolute Gasteiger partial charge is 0.159 e. The van der Waals surface area contributed by atoms with E-state index in [9.17, 15) is 17.6 Å². The maximum atomic E-state index is 14.6. The third-order valence-corrected chi connectivity index (χ3v) is 5.55.